The third-order valence-electron chi connectivity index (χ3n) is 3.43. The van der Waals surface area contributed by atoms with Crippen LogP contribution in [0.5, 0.6) is 0 Å². The molecule has 4 nitrogen and oxygen atoms in total. The molecule has 0 aliphatic heterocycles. The van der Waals surface area contributed by atoms with Crippen molar-refractivity contribution in [1.29, 1.82) is 0 Å². The molecule has 1 aromatic heterocycles. The second-order valence-electron chi connectivity index (χ2n) is 5.33. The first-order chi connectivity index (χ1) is 11.6. The Morgan fingerprint density at radius 2 is 1.96 bits per heavy atom. The lowest BCUT2D eigenvalue weighted by molar-refractivity contribution is 0.102. The Morgan fingerprint density at radius 3 is 2.67 bits per heavy atom. The highest BCUT2D eigenvalue weighted by Crippen LogP contribution is 2.20. The van der Waals surface area contributed by atoms with Gasteiger partial charge in [0.25, 0.3) is 5.91 Å². The number of nitrogens with zero attached hydrogens (tertiary/aromatic N) is 1. The summed E-state index contributed by atoms with van der Waals surface area (Å²) >= 11 is 7.26. The maximum absolute atomic E-state index is 12.4. The number of hydrogen-bond donors (Lipinski definition) is 2. The summed E-state index contributed by atoms with van der Waals surface area (Å²) in [6, 6.07) is 15.1. The number of halogens is 1. The zero-order valence-electron chi connectivity index (χ0n) is 13.0. The molecule has 122 valence electrons. The standard InChI is InChI=1S/C18H16ClN3OS/c1-12-5-7-14(8-6-12)22-17(23)13-3-2-4-15(9-13)20-10-16-11-21-18(19)24-16/h2-9,11,20H,10H2,1H3,(H,22,23). The first kappa shape index (κ1) is 16.5. The third-order valence-corrected chi connectivity index (χ3v) is 4.54. The molecule has 24 heavy (non-hydrogen) atoms. The van der Waals surface area contributed by atoms with Crippen LogP contribution in [0.2, 0.25) is 4.47 Å². The van der Waals surface area contributed by atoms with Gasteiger partial charge in [-0.15, -0.1) is 11.3 Å². The summed E-state index contributed by atoms with van der Waals surface area (Å²) in [7, 11) is 0. The highest BCUT2D eigenvalue weighted by atomic mass is 35.5. The van der Waals surface area contributed by atoms with Gasteiger partial charge in [0.1, 0.15) is 0 Å². The van der Waals surface area contributed by atoms with Crippen LogP contribution in [0.4, 0.5) is 11.4 Å². The van der Waals surface area contributed by atoms with Crippen molar-refractivity contribution in [3.05, 3.63) is 75.2 Å². The Bertz CT molecular complexity index is 845. The minimum atomic E-state index is -0.136. The van der Waals surface area contributed by atoms with E-state index in [9.17, 15) is 4.79 Å². The summed E-state index contributed by atoms with van der Waals surface area (Å²) in [5.74, 6) is -0.136. The van der Waals surface area contributed by atoms with E-state index in [2.05, 4.69) is 15.6 Å². The summed E-state index contributed by atoms with van der Waals surface area (Å²) in [6.07, 6.45) is 1.74. The SMILES string of the molecule is Cc1ccc(NC(=O)c2cccc(NCc3cnc(Cl)s3)c2)cc1. The molecule has 0 fully saturated rings. The predicted octanol–water partition coefficient (Wildman–Crippen LogP) is 4.97. The summed E-state index contributed by atoms with van der Waals surface area (Å²) in [4.78, 5) is 17.4. The molecule has 0 saturated heterocycles. The molecule has 0 bridgehead atoms. The monoisotopic (exact) mass is 357 g/mol. The van der Waals surface area contributed by atoms with Crippen molar-refractivity contribution < 1.29 is 4.79 Å². The molecule has 0 unspecified atom stereocenters. The average molecular weight is 358 g/mol. The van der Waals surface area contributed by atoms with Crippen molar-refractivity contribution in [2.24, 2.45) is 0 Å². The van der Waals surface area contributed by atoms with Crippen molar-refractivity contribution >= 4 is 40.2 Å². The molecular weight excluding hydrogens is 342 g/mol. The minimum absolute atomic E-state index is 0.136. The van der Waals surface area contributed by atoms with E-state index in [1.807, 2.05) is 49.4 Å². The lowest BCUT2D eigenvalue weighted by Gasteiger charge is -2.08. The molecule has 1 heterocycles. The van der Waals surface area contributed by atoms with Crippen LogP contribution in [-0.2, 0) is 6.54 Å². The smallest absolute Gasteiger partial charge is 0.255 e. The van der Waals surface area contributed by atoms with E-state index in [4.69, 9.17) is 11.6 Å². The molecule has 3 aromatic rings. The fraction of sp³-hybridized carbons (Fsp3) is 0.111. The van der Waals surface area contributed by atoms with Gasteiger partial charge in [0.05, 0.1) is 6.54 Å². The third kappa shape index (κ3) is 4.34. The summed E-state index contributed by atoms with van der Waals surface area (Å²) in [5.41, 5.74) is 3.41. The van der Waals surface area contributed by atoms with E-state index >= 15 is 0 Å². The first-order valence-corrected chi connectivity index (χ1v) is 8.62. The van der Waals surface area contributed by atoms with Gasteiger partial charge in [0.15, 0.2) is 4.47 Å². The molecule has 0 saturated carbocycles. The molecule has 2 aromatic carbocycles. The summed E-state index contributed by atoms with van der Waals surface area (Å²) in [6.45, 7) is 2.63. The van der Waals surface area contributed by atoms with Gasteiger partial charge < -0.3 is 10.6 Å². The molecule has 0 radical (unpaired) electrons. The molecule has 6 heteroatoms. The number of carbonyl (C=O) groups is 1. The Labute approximate surface area is 149 Å². The van der Waals surface area contributed by atoms with Gasteiger partial charge in [-0.3, -0.25) is 4.79 Å². The maximum Gasteiger partial charge on any atom is 0.255 e. The fourth-order valence-electron chi connectivity index (χ4n) is 2.17. The van der Waals surface area contributed by atoms with Crippen LogP contribution in [0, 0.1) is 6.92 Å². The quantitative estimate of drug-likeness (QED) is 0.677. The Hall–Kier alpha value is -2.37. The number of hydrogen-bond acceptors (Lipinski definition) is 4. The topological polar surface area (TPSA) is 54.0 Å². The van der Waals surface area contributed by atoms with E-state index < -0.39 is 0 Å². The lowest BCUT2D eigenvalue weighted by atomic mass is 10.1. The minimum Gasteiger partial charge on any atom is -0.380 e. The van der Waals surface area contributed by atoms with Gasteiger partial charge in [-0.25, -0.2) is 4.98 Å². The number of nitrogens with one attached hydrogen (secondary N) is 2. The number of benzene rings is 2. The van der Waals surface area contributed by atoms with Crippen LogP contribution < -0.4 is 10.6 Å². The number of carbonyl (C=O) groups excluding carboxylic acids is 1. The second kappa shape index (κ2) is 7.47. The van der Waals surface area contributed by atoms with Gasteiger partial charge in [-0.05, 0) is 37.3 Å². The van der Waals surface area contributed by atoms with Gasteiger partial charge in [0, 0.05) is 28.0 Å². The molecule has 2 N–H and O–H groups in total. The Morgan fingerprint density at radius 1 is 1.17 bits per heavy atom. The van der Waals surface area contributed by atoms with E-state index in [0.717, 1.165) is 21.8 Å². The van der Waals surface area contributed by atoms with E-state index in [1.165, 1.54) is 11.3 Å². The maximum atomic E-state index is 12.4. The number of amides is 1. The molecule has 0 aliphatic carbocycles. The number of thiazole rings is 1. The molecule has 3 rings (SSSR count). The highest BCUT2D eigenvalue weighted by molar-refractivity contribution is 7.15. The molecule has 0 atom stereocenters. The van der Waals surface area contributed by atoms with Crippen LogP contribution in [0.15, 0.2) is 54.7 Å². The normalized spacial score (nSPS) is 10.4. The van der Waals surface area contributed by atoms with Crippen molar-refractivity contribution in [3.8, 4) is 0 Å². The summed E-state index contributed by atoms with van der Waals surface area (Å²) in [5, 5.41) is 6.17. The number of aromatic nitrogens is 1. The largest absolute Gasteiger partial charge is 0.380 e. The van der Waals surface area contributed by atoms with Crippen molar-refractivity contribution in [3.63, 3.8) is 0 Å². The van der Waals surface area contributed by atoms with Crippen LogP contribution in [-0.4, -0.2) is 10.9 Å². The van der Waals surface area contributed by atoms with Crippen LogP contribution in [0.3, 0.4) is 0 Å². The molecular formula is C18H16ClN3OS. The van der Waals surface area contributed by atoms with Crippen molar-refractivity contribution in [2.75, 3.05) is 10.6 Å². The average Bonchev–Trinajstić information content (AvgIpc) is 3.01. The fourth-order valence-corrected chi connectivity index (χ4v) is 3.08. The van der Waals surface area contributed by atoms with Gasteiger partial charge >= 0.3 is 0 Å². The zero-order valence-corrected chi connectivity index (χ0v) is 14.6. The predicted molar refractivity (Wildman–Crippen MR) is 100 cm³/mol. The molecule has 1 amide bonds. The lowest BCUT2D eigenvalue weighted by Crippen LogP contribution is -2.12. The second-order valence-corrected chi connectivity index (χ2v) is 7.03. The number of rotatable bonds is 5. The van der Waals surface area contributed by atoms with E-state index in [0.29, 0.717) is 16.6 Å². The van der Waals surface area contributed by atoms with Crippen molar-refractivity contribution in [2.45, 2.75) is 13.5 Å². The highest BCUT2D eigenvalue weighted by Gasteiger charge is 2.07. The molecule has 0 spiro atoms. The first-order valence-electron chi connectivity index (χ1n) is 7.42. The summed E-state index contributed by atoms with van der Waals surface area (Å²) < 4.78 is 0.526. The Balaban J connectivity index is 1.65. The Kier molecular flexibility index (Phi) is 5.13. The van der Waals surface area contributed by atoms with Gasteiger partial charge in [-0.2, -0.15) is 0 Å². The molecule has 0 aliphatic rings. The van der Waals surface area contributed by atoms with Gasteiger partial charge in [-0.1, -0.05) is 35.4 Å². The van der Waals surface area contributed by atoms with E-state index in [-0.39, 0.29) is 5.91 Å². The van der Waals surface area contributed by atoms with Gasteiger partial charge in [0.2, 0.25) is 0 Å². The zero-order chi connectivity index (χ0) is 16.9. The van der Waals surface area contributed by atoms with Crippen LogP contribution in [0.25, 0.3) is 0 Å². The number of anilines is 2. The van der Waals surface area contributed by atoms with Crippen LogP contribution in [0.1, 0.15) is 20.8 Å². The van der Waals surface area contributed by atoms with Crippen LogP contribution >= 0.6 is 22.9 Å². The number of aryl methyl sites for hydroxylation is 1. The van der Waals surface area contributed by atoms with E-state index in [1.54, 1.807) is 12.3 Å². The van der Waals surface area contributed by atoms with Crippen molar-refractivity contribution in [1.82, 2.24) is 4.98 Å².